The first-order chi connectivity index (χ1) is 13.7. The van der Waals surface area contributed by atoms with Gasteiger partial charge in [-0.1, -0.05) is 43.5 Å². The Bertz CT molecular complexity index is 822. The molecule has 0 bridgehead atoms. The van der Waals surface area contributed by atoms with E-state index in [4.69, 9.17) is 0 Å². The summed E-state index contributed by atoms with van der Waals surface area (Å²) in [4.78, 5) is 11.4. The fourth-order valence-electron chi connectivity index (χ4n) is 4.94. The van der Waals surface area contributed by atoms with Crippen LogP contribution in [0.3, 0.4) is 0 Å². The van der Waals surface area contributed by atoms with Crippen molar-refractivity contribution in [1.82, 2.24) is 19.8 Å². The zero-order valence-corrected chi connectivity index (χ0v) is 20.1. The number of imidazole rings is 1. The summed E-state index contributed by atoms with van der Waals surface area (Å²) in [5.74, 6) is 2.10. The van der Waals surface area contributed by atoms with Gasteiger partial charge in [-0.3, -0.25) is 4.99 Å². The Morgan fingerprint density at radius 3 is 2.69 bits per heavy atom. The van der Waals surface area contributed by atoms with Crippen LogP contribution < -0.4 is 5.32 Å². The molecule has 1 spiro atoms. The molecule has 1 aliphatic heterocycles. The molecular weight excluding hydrogens is 473 g/mol. The Labute approximate surface area is 192 Å². The van der Waals surface area contributed by atoms with Gasteiger partial charge in [-0.25, -0.2) is 4.98 Å². The minimum atomic E-state index is 0. The number of halogens is 1. The second-order valence-electron chi connectivity index (χ2n) is 8.56. The Kier molecular flexibility index (Phi) is 7.60. The first-order valence-corrected chi connectivity index (χ1v) is 10.7. The van der Waals surface area contributed by atoms with Gasteiger partial charge in [0.25, 0.3) is 0 Å². The Morgan fingerprint density at radius 1 is 1.17 bits per heavy atom. The predicted molar refractivity (Wildman–Crippen MR) is 130 cm³/mol. The molecule has 2 aromatic rings. The molecule has 1 saturated heterocycles. The lowest BCUT2D eigenvalue weighted by atomic mass is 9.73. The smallest absolute Gasteiger partial charge is 0.193 e. The number of hydrogen-bond acceptors (Lipinski definition) is 2. The van der Waals surface area contributed by atoms with Crippen LogP contribution in [0.15, 0.2) is 41.7 Å². The third-order valence-electron chi connectivity index (χ3n) is 6.58. The Hall–Kier alpha value is -1.57. The van der Waals surface area contributed by atoms with E-state index in [0.29, 0.717) is 5.41 Å². The number of benzene rings is 1. The molecule has 1 aromatic heterocycles. The van der Waals surface area contributed by atoms with E-state index < -0.39 is 0 Å². The van der Waals surface area contributed by atoms with E-state index in [2.05, 4.69) is 49.0 Å². The summed E-state index contributed by atoms with van der Waals surface area (Å²) in [6, 6.07) is 8.81. The summed E-state index contributed by atoms with van der Waals surface area (Å²) in [5.41, 5.74) is 3.15. The molecule has 0 radical (unpaired) electrons. The molecule has 1 aromatic carbocycles. The SMILES string of the molecule is CN=C(NCc1cccc(Cn2ccnc2C)c1)N1CCC2(CCCCC2)C1.I. The van der Waals surface area contributed by atoms with Crippen molar-refractivity contribution in [2.24, 2.45) is 10.4 Å². The number of aliphatic imine (C=N–C) groups is 1. The summed E-state index contributed by atoms with van der Waals surface area (Å²) in [6.07, 6.45) is 12.3. The second kappa shape index (κ2) is 9.96. The molecule has 2 heterocycles. The number of aryl methyl sites for hydroxylation is 1. The minimum absolute atomic E-state index is 0. The monoisotopic (exact) mass is 507 g/mol. The molecule has 1 saturated carbocycles. The van der Waals surface area contributed by atoms with E-state index >= 15 is 0 Å². The standard InChI is InChI=1S/C23H33N5.HI/c1-19-25-12-14-27(19)17-21-8-6-7-20(15-21)16-26-22(24-2)28-13-11-23(18-28)9-4-3-5-10-23;/h6-8,12,14-15H,3-5,9-11,13,16-18H2,1-2H3,(H,24,26);1H. The van der Waals surface area contributed by atoms with Crippen molar-refractivity contribution in [2.45, 2.75) is 58.5 Å². The van der Waals surface area contributed by atoms with Crippen molar-refractivity contribution in [2.75, 3.05) is 20.1 Å². The van der Waals surface area contributed by atoms with Crippen LogP contribution in [0, 0.1) is 12.3 Å². The molecular formula is C23H34IN5. The highest BCUT2D eigenvalue weighted by Crippen LogP contribution is 2.43. The summed E-state index contributed by atoms with van der Waals surface area (Å²) in [7, 11) is 1.91. The lowest BCUT2D eigenvalue weighted by Gasteiger charge is -2.33. The number of rotatable bonds is 4. The van der Waals surface area contributed by atoms with Gasteiger partial charge in [0.05, 0.1) is 0 Å². The maximum Gasteiger partial charge on any atom is 0.193 e. The van der Waals surface area contributed by atoms with Gasteiger partial charge in [-0.2, -0.15) is 0 Å². The summed E-state index contributed by atoms with van der Waals surface area (Å²) < 4.78 is 2.18. The minimum Gasteiger partial charge on any atom is -0.352 e. The zero-order valence-electron chi connectivity index (χ0n) is 17.7. The van der Waals surface area contributed by atoms with Gasteiger partial charge in [0.2, 0.25) is 0 Å². The van der Waals surface area contributed by atoms with E-state index in [1.807, 2.05) is 26.4 Å². The van der Waals surface area contributed by atoms with Crippen LogP contribution in [-0.4, -0.2) is 40.5 Å². The number of nitrogens with zero attached hydrogens (tertiary/aromatic N) is 4. The molecule has 0 unspecified atom stereocenters. The molecule has 29 heavy (non-hydrogen) atoms. The van der Waals surface area contributed by atoms with Gasteiger partial charge >= 0.3 is 0 Å². The van der Waals surface area contributed by atoms with E-state index in [9.17, 15) is 0 Å². The average Bonchev–Trinajstić information content (AvgIpc) is 3.30. The first kappa shape index (κ1) is 22.1. The van der Waals surface area contributed by atoms with Crippen LogP contribution in [0.2, 0.25) is 0 Å². The van der Waals surface area contributed by atoms with Crippen molar-refractivity contribution in [3.63, 3.8) is 0 Å². The van der Waals surface area contributed by atoms with Crippen LogP contribution in [0.5, 0.6) is 0 Å². The van der Waals surface area contributed by atoms with E-state index in [0.717, 1.165) is 31.4 Å². The van der Waals surface area contributed by atoms with Gasteiger partial charge in [0, 0.05) is 45.6 Å². The van der Waals surface area contributed by atoms with Gasteiger partial charge in [-0.05, 0) is 42.7 Å². The quantitative estimate of drug-likeness (QED) is 0.374. The topological polar surface area (TPSA) is 45.5 Å². The van der Waals surface area contributed by atoms with Crippen LogP contribution in [0.4, 0.5) is 0 Å². The molecule has 158 valence electrons. The lowest BCUT2D eigenvalue weighted by Crippen LogP contribution is -2.41. The fourth-order valence-corrected chi connectivity index (χ4v) is 4.94. The third-order valence-corrected chi connectivity index (χ3v) is 6.58. The van der Waals surface area contributed by atoms with Gasteiger partial charge < -0.3 is 14.8 Å². The molecule has 0 atom stereocenters. The highest BCUT2D eigenvalue weighted by atomic mass is 127. The van der Waals surface area contributed by atoms with Crippen molar-refractivity contribution in [3.8, 4) is 0 Å². The van der Waals surface area contributed by atoms with Crippen molar-refractivity contribution in [3.05, 3.63) is 53.6 Å². The number of guanidine groups is 1. The third kappa shape index (κ3) is 5.32. The number of hydrogen-bond donors (Lipinski definition) is 1. The highest BCUT2D eigenvalue weighted by molar-refractivity contribution is 14.0. The van der Waals surface area contributed by atoms with Crippen LogP contribution in [0.1, 0.15) is 55.5 Å². The van der Waals surface area contributed by atoms with E-state index in [1.54, 1.807) is 0 Å². The first-order valence-electron chi connectivity index (χ1n) is 10.7. The van der Waals surface area contributed by atoms with Crippen LogP contribution >= 0.6 is 24.0 Å². The molecule has 2 fully saturated rings. The molecule has 6 heteroatoms. The molecule has 5 nitrogen and oxygen atoms in total. The second-order valence-corrected chi connectivity index (χ2v) is 8.56. The highest BCUT2D eigenvalue weighted by Gasteiger charge is 2.39. The van der Waals surface area contributed by atoms with E-state index in [1.165, 1.54) is 56.2 Å². The van der Waals surface area contributed by atoms with Crippen molar-refractivity contribution < 1.29 is 0 Å². The summed E-state index contributed by atoms with van der Waals surface area (Å²) >= 11 is 0. The average molecular weight is 507 g/mol. The molecule has 1 aliphatic carbocycles. The van der Waals surface area contributed by atoms with E-state index in [-0.39, 0.29) is 24.0 Å². The maximum absolute atomic E-state index is 4.58. The largest absolute Gasteiger partial charge is 0.352 e. The normalized spacial score (nSPS) is 18.7. The Balaban J connectivity index is 0.00000240. The van der Waals surface area contributed by atoms with Gasteiger partial charge in [0.15, 0.2) is 5.96 Å². The van der Waals surface area contributed by atoms with Crippen LogP contribution in [0.25, 0.3) is 0 Å². The number of nitrogens with one attached hydrogen (secondary N) is 1. The molecule has 1 N–H and O–H groups in total. The maximum atomic E-state index is 4.58. The lowest BCUT2D eigenvalue weighted by molar-refractivity contribution is 0.203. The van der Waals surface area contributed by atoms with Crippen LogP contribution in [-0.2, 0) is 13.1 Å². The van der Waals surface area contributed by atoms with Crippen molar-refractivity contribution in [1.29, 1.82) is 0 Å². The summed E-state index contributed by atoms with van der Waals surface area (Å²) in [6.45, 7) is 6.03. The van der Waals surface area contributed by atoms with Crippen molar-refractivity contribution >= 4 is 29.9 Å². The predicted octanol–water partition coefficient (Wildman–Crippen LogP) is 4.59. The Morgan fingerprint density at radius 2 is 1.97 bits per heavy atom. The van der Waals surface area contributed by atoms with Gasteiger partial charge in [-0.15, -0.1) is 24.0 Å². The number of likely N-dealkylation sites (tertiary alicyclic amines) is 1. The zero-order chi connectivity index (χ0) is 19.4. The number of aromatic nitrogens is 2. The summed E-state index contributed by atoms with van der Waals surface area (Å²) in [5, 5.41) is 3.60. The van der Waals surface area contributed by atoms with Gasteiger partial charge in [0.1, 0.15) is 5.82 Å². The molecule has 4 rings (SSSR count). The fraction of sp³-hybridized carbons (Fsp3) is 0.565. The molecule has 0 amide bonds. The molecule has 2 aliphatic rings.